The first-order valence-electron chi connectivity index (χ1n) is 8.07. The summed E-state index contributed by atoms with van der Waals surface area (Å²) < 4.78 is 10.5. The third kappa shape index (κ3) is 3.44. The van der Waals surface area contributed by atoms with Gasteiger partial charge in [-0.2, -0.15) is 4.98 Å². The summed E-state index contributed by atoms with van der Waals surface area (Å²) in [5, 5.41) is 2.84. The number of aromatic nitrogens is 2. The number of thiophene rings is 2. The normalized spacial score (nSPS) is 11.1. The zero-order valence-corrected chi connectivity index (χ0v) is 17.1. The number of methoxy groups -OCH3 is 2. The van der Waals surface area contributed by atoms with Gasteiger partial charge in [-0.15, -0.1) is 22.7 Å². The highest BCUT2D eigenvalue weighted by atomic mass is 32.1. The molecular formula is C18H21N3O3S2. The van der Waals surface area contributed by atoms with Crippen molar-refractivity contribution in [1.82, 2.24) is 14.9 Å². The van der Waals surface area contributed by atoms with Crippen LogP contribution in [-0.4, -0.2) is 42.0 Å². The van der Waals surface area contributed by atoms with Crippen LogP contribution in [0.2, 0.25) is 0 Å². The van der Waals surface area contributed by atoms with Gasteiger partial charge in [-0.3, -0.25) is 4.79 Å². The van der Waals surface area contributed by atoms with Crippen molar-refractivity contribution in [2.75, 3.05) is 21.3 Å². The summed E-state index contributed by atoms with van der Waals surface area (Å²) in [6.07, 6.45) is 0. The Balaban J connectivity index is 1.97. The van der Waals surface area contributed by atoms with Gasteiger partial charge in [0.2, 0.25) is 5.88 Å². The smallest absolute Gasteiger partial charge is 0.264 e. The summed E-state index contributed by atoms with van der Waals surface area (Å²) in [4.78, 5) is 26.3. The number of hydrogen-bond donors (Lipinski definition) is 0. The van der Waals surface area contributed by atoms with E-state index >= 15 is 0 Å². The van der Waals surface area contributed by atoms with Crippen LogP contribution in [0.1, 0.15) is 31.5 Å². The Hall–Kier alpha value is -2.03. The Kier molecular flexibility index (Phi) is 5.55. The van der Waals surface area contributed by atoms with E-state index in [0.29, 0.717) is 29.7 Å². The number of aryl methyl sites for hydroxylation is 2. The summed E-state index contributed by atoms with van der Waals surface area (Å²) >= 11 is 3.04. The molecular weight excluding hydrogens is 370 g/mol. The van der Waals surface area contributed by atoms with Crippen molar-refractivity contribution in [2.24, 2.45) is 0 Å². The van der Waals surface area contributed by atoms with Crippen LogP contribution >= 0.6 is 22.7 Å². The maximum atomic E-state index is 13.0. The van der Waals surface area contributed by atoms with Gasteiger partial charge in [0.15, 0.2) is 5.82 Å². The largest absolute Gasteiger partial charge is 0.480 e. The number of carbonyl (C=O) groups excluding carboxylic acids is 1. The molecule has 0 fully saturated rings. The van der Waals surface area contributed by atoms with E-state index in [-0.39, 0.29) is 5.91 Å². The first-order chi connectivity index (χ1) is 12.5. The summed E-state index contributed by atoms with van der Waals surface area (Å²) in [6, 6.07) is 2.07. The molecule has 0 aliphatic carbocycles. The molecule has 0 atom stereocenters. The van der Waals surface area contributed by atoms with Crippen LogP contribution in [0, 0.1) is 13.8 Å². The Morgan fingerprint density at radius 3 is 2.65 bits per heavy atom. The SMILES string of the molecule is COCc1nc(OC)c2c(C)c(C(=O)N(C)Cc3sccc3C)sc2n1. The molecule has 0 aliphatic rings. The first kappa shape index (κ1) is 18.8. The van der Waals surface area contributed by atoms with E-state index in [0.717, 1.165) is 15.8 Å². The van der Waals surface area contributed by atoms with Gasteiger partial charge < -0.3 is 14.4 Å². The van der Waals surface area contributed by atoms with Crippen LogP contribution in [0.5, 0.6) is 5.88 Å². The highest BCUT2D eigenvalue weighted by Gasteiger charge is 2.23. The lowest BCUT2D eigenvalue weighted by Gasteiger charge is -2.16. The minimum absolute atomic E-state index is 0.0198. The highest BCUT2D eigenvalue weighted by Crippen LogP contribution is 2.35. The number of carbonyl (C=O) groups is 1. The maximum Gasteiger partial charge on any atom is 0.264 e. The standard InChI is InChI=1S/C18H21N3O3S2/c1-10-6-7-25-12(10)8-21(3)18(22)15-11(2)14-16(24-5)19-13(9-23-4)20-17(14)26-15/h6-7H,8-9H2,1-5H3. The van der Waals surface area contributed by atoms with Crippen LogP contribution in [0.4, 0.5) is 0 Å². The van der Waals surface area contributed by atoms with Crippen molar-refractivity contribution in [2.45, 2.75) is 27.0 Å². The third-order valence-corrected chi connectivity index (χ3v) is 6.34. The Morgan fingerprint density at radius 1 is 1.27 bits per heavy atom. The fourth-order valence-corrected chi connectivity index (χ4v) is 4.86. The number of amides is 1. The lowest BCUT2D eigenvalue weighted by Crippen LogP contribution is -2.25. The molecule has 3 heterocycles. The molecule has 8 heteroatoms. The van der Waals surface area contributed by atoms with E-state index in [2.05, 4.69) is 23.0 Å². The maximum absolute atomic E-state index is 13.0. The van der Waals surface area contributed by atoms with E-state index in [4.69, 9.17) is 9.47 Å². The van der Waals surface area contributed by atoms with Crippen LogP contribution < -0.4 is 4.74 Å². The van der Waals surface area contributed by atoms with Gasteiger partial charge in [0.1, 0.15) is 11.4 Å². The molecule has 0 spiro atoms. The highest BCUT2D eigenvalue weighted by molar-refractivity contribution is 7.20. The molecule has 0 aliphatic heterocycles. The second-order valence-electron chi connectivity index (χ2n) is 6.01. The van der Waals surface area contributed by atoms with Gasteiger partial charge in [0, 0.05) is 19.0 Å². The number of hydrogen-bond acceptors (Lipinski definition) is 7. The van der Waals surface area contributed by atoms with Gasteiger partial charge in [0.05, 0.1) is 23.9 Å². The third-order valence-electron chi connectivity index (χ3n) is 4.16. The molecule has 0 bridgehead atoms. The van der Waals surface area contributed by atoms with Gasteiger partial charge in [0.25, 0.3) is 5.91 Å². The van der Waals surface area contributed by atoms with Crippen LogP contribution in [0.3, 0.4) is 0 Å². The Bertz CT molecular complexity index is 949. The first-order valence-corrected chi connectivity index (χ1v) is 9.77. The quantitative estimate of drug-likeness (QED) is 0.639. The van der Waals surface area contributed by atoms with E-state index in [1.165, 1.54) is 21.8 Å². The van der Waals surface area contributed by atoms with Crippen molar-refractivity contribution in [3.05, 3.63) is 38.2 Å². The van der Waals surface area contributed by atoms with Crippen LogP contribution in [-0.2, 0) is 17.9 Å². The fourth-order valence-electron chi connectivity index (χ4n) is 2.72. The molecule has 0 radical (unpaired) electrons. The zero-order chi connectivity index (χ0) is 18.8. The average molecular weight is 392 g/mol. The molecule has 0 N–H and O–H groups in total. The fraction of sp³-hybridized carbons (Fsp3) is 0.389. The van der Waals surface area contributed by atoms with Gasteiger partial charge in [-0.25, -0.2) is 4.98 Å². The molecule has 138 valence electrons. The van der Waals surface area contributed by atoms with Crippen molar-refractivity contribution >= 4 is 38.8 Å². The van der Waals surface area contributed by atoms with Crippen molar-refractivity contribution in [3.8, 4) is 5.88 Å². The Labute approximate surface area is 160 Å². The van der Waals surface area contributed by atoms with Gasteiger partial charge >= 0.3 is 0 Å². The van der Waals surface area contributed by atoms with Crippen LogP contribution in [0.25, 0.3) is 10.2 Å². The molecule has 0 saturated carbocycles. The molecule has 0 aromatic carbocycles. The summed E-state index contributed by atoms with van der Waals surface area (Å²) in [5.41, 5.74) is 2.06. The molecule has 0 unspecified atom stereocenters. The predicted molar refractivity (Wildman–Crippen MR) is 104 cm³/mol. The Morgan fingerprint density at radius 2 is 2.04 bits per heavy atom. The lowest BCUT2D eigenvalue weighted by atomic mass is 10.2. The molecule has 3 aromatic heterocycles. The van der Waals surface area contributed by atoms with E-state index < -0.39 is 0 Å². The van der Waals surface area contributed by atoms with Crippen molar-refractivity contribution in [1.29, 1.82) is 0 Å². The molecule has 6 nitrogen and oxygen atoms in total. The van der Waals surface area contributed by atoms with Crippen LogP contribution in [0.15, 0.2) is 11.4 Å². The second-order valence-corrected chi connectivity index (χ2v) is 8.01. The van der Waals surface area contributed by atoms with Crippen molar-refractivity contribution in [3.63, 3.8) is 0 Å². The van der Waals surface area contributed by atoms with Crippen molar-refractivity contribution < 1.29 is 14.3 Å². The minimum atomic E-state index is -0.0198. The monoisotopic (exact) mass is 391 g/mol. The van der Waals surface area contributed by atoms with Gasteiger partial charge in [-0.1, -0.05) is 0 Å². The lowest BCUT2D eigenvalue weighted by molar-refractivity contribution is 0.0790. The summed E-state index contributed by atoms with van der Waals surface area (Å²) in [6.45, 7) is 4.86. The summed E-state index contributed by atoms with van der Waals surface area (Å²) in [5.74, 6) is 1.000. The van der Waals surface area contributed by atoms with Gasteiger partial charge in [-0.05, 0) is 36.4 Å². The second kappa shape index (κ2) is 7.69. The number of rotatable bonds is 6. The predicted octanol–water partition coefficient (Wildman–Crippen LogP) is 3.80. The topological polar surface area (TPSA) is 64.6 Å². The number of fused-ring (bicyclic) bond motifs is 1. The zero-order valence-electron chi connectivity index (χ0n) is 15.5. The number of nitrogens with zero attached hydrogens (tertiary/aromatic N) is 3. The molecule has 1 amide bonds. The van der Waals surface area contributed by atoms with E-state index in [1.54, 1.807) is 30.5 Å². The average Bonchev–Trinajstić information content (AvgIpc) is 3.17. The molecule has 0 saturated heterocycles. The van der Waals surface area contributed by atoms with E-state index in [1.807, 2.05) is 19.4 Å². The van der Waals surface area contributed by atoms with E-state index in [9.17, 15) is 4.79 Å². The molecule has 3 aromatic rings. The molecule has 3 rings (SSSR count). The summed E-state index contributed by atoms with van der Waals surface area (Å²) in [7, 11) is 4.99. The minimum Gasteiger partial charge on any atom is -0.480 e. The number of ether oxygens (including phenoxy) is 2. The molecule has 26 heavy (non-hydrogen) atoms.